The number of hydrogen-bond acceptors (Lipinski definition) is 2. The van der Waals surface area contributed by atoms with Gasteiger partial charge in [0.05, 0.1) is 6.07 Å². The lowest BCUT2D eigenvalue weighted by Gasteiger charge is -2.13. The van der Waals surface area contributed by atoms with Crippen LogP contribution in [0.2, 0.25) is 0 Å². The third-order valence-corrected chi connectivity index (χ3v) is 2.27. The molecule has 0 radical (unpaired) electrons. The zero-order valence-corrected chi connectivity index (χ0v) is 7.21. The molecular formula is C9H16N2. The van der Waals surface area contributed by atoms with E-state index in [9.17, 15) is 0 Å². The summed E-state index contributed by atoms with van der Waals surface area (Å²) in [6, 6.07) is 2.18. The van der Waals surface area contributed by atoms with Gasteiger partial charge in [-0.2, -0.15) is 5.26 Å². The van der Waals surface area contributed by atoms with Crippen LogP contribution in [-0.2, 0) is 0 Å². The van der Waals surface area contributed by atoms with Gasteiger partial charge in [0.15, 0.2) is 0 Å². The summed E-state index contributed by atoms with van der Waals surface area (Å²) in [5.74, 6) is 0.872. The van der Waals surface area contributed by atoms with Gasteiger partial charge in [-0.1, -0.05) is 6.92 Å². The van der Waals surface area contributed by atoms with Crippen LogP contribution in [0.4, 0.5) is 0 Å². The van der Waals surface area contributed by atoms with Crippen LogP contribution in [0.15, 0.2) is 0 Å². The summed E-state index contributed by atoms with van der Waals surface area (Å²) < 4.78 is 0. The van der Waals surface area contributed by atoms with Gasteiger partial charge in [0.2, 0.25) is 0 Å². The fourth-order valence-corrected chi connectivity index (χ4v) is 1.61. The number of likely N-dealkylation sites (tertiary alicyclic amines) is 1. The molecule has 2 heteroatoms. The third kappa shape index (κ3) is 2.90. The predicted octanol–water partition coefficient (Wildman–Crippen LogP) is 1.63. The molecule has 0 N–H and O–H groups in total. The van der Waals surface area contributed by atoms with Crippen LogP contribution in [0, 0.1) is 17.2 Å². The van der Waals surface area contributed by atoms with Crippen molar-refractivity contribution < 1.29 is 0 Å². The molecule has 0 amide bonds. The quantitative estimate of drug-likeness (QED) is 0.575. The highest BCUT2D eigenvalue weighted by Gasteiger charge is 2.17. The molecule has 11 heavy (non-hydrogen) atoms. The molecule has 0 aromatic heterocycles. The van der Waals surface area contributed by atoms with Gasteiger partial charge >= 0.3 is 0 Å². The van der Waals surface area contributed by atoms with Gasteiger partial charge in [0.1, 0.15) is 0 Å². The fourth-order valence-electron chi connectivity index (χ4n) is 1.61. The Labute approximate surface area is 68.8 Å². The molecule has 62 valence electrons. The van der Waals surface area contributed by atoms with Gasteiger partial charge < -0.3 is 4.90 Å². The molecule has 1 fully saturated rings. The molecule has 0 saturated carbocycles. The standard InChI is InChI=1S/C9H16N2/c1-9-4-7-11(8-9)6-3-2-5-10/h9H,2-4,6-8H2,1H3. The lowest BCUT2D eigenvalue weighted by Crippen LogP contribution is -2.21. The Kier molecular flexibility index (Phi) is 3.38. The average molecular weight is 152 g/mol. The van der Waals surface area contributed by atoms with Crippen molar-refractivity contribution in [3.8, 4) is 6.07 Å². The maximum atomic E-state index is 8.32. The molecule has 1 aliphatic heterocycles. The first-order valence-electron chi connectivity index (χ1n) is 4.42. The van der Waals surface area contributed by atoms with E-state index in [-0.39, 0.29) is 0 Å². The first kappa shape index (κ1) is 8.55. The number of rotatable bonds is 3. The Bertz CT molecular complexity index is 148. The molecule has 0 aromatic carbocycles. The molecule has 1 atom stereocenters. The highest BCUT2D eigenvalue weighted by atomic mass is 15.1. The second-order valence-corrected chi connectivity index (χ2v) is 3.46. The molecular weight excluding hydrogens is 136 g/mol. The summed E-state index contributed by atoms with van der Waals surface area (Å²) in [6.07, 6.45) is 3.10. The lowest BCUT2D eigenvalue weighted by atomic mass is 10.2. The van der Waals surface area contributed by atoms with Gasteiger partial charge in [0, 0.05) is 13.0 Å². The highest BCUT2D eigenvalue weighted by molar-refractivity contribution is 4.74. The molecule has 1 saturated heterocycles. The van der Waals surface area contributed by atoms with Crippen molar-refractivity contribution >= 4 is 0 Å². The molecule has 1 heterocycles. The maximum Gasteiger partial charge on any atom is 0.0622 e. The predicted molar refractivity (Wildman–Crippen MR) is 45.1 cm³/mol. The Morgan fingerprint density at radius 1 is 1.64 bits per heavy atom. The van der Waals surface area contributed by atoms with E-state index < -0.39 is 0 Å². The van der Waals surface area contributed by atoms with Crippen LogP contribution in [0.25, 0.3) is 0 Å². The van der Waals surface area contributed by atoms with Crippen LogP contribution in [-0.4, -0.2) is 24.5 Å². The first-order chi connectivity index (χ1) is 5.33. The number of nitrogens with zero attached hydrogens (tertiary/aromatic N) is 2. The minimum Gasteiger partial charge on any atom is -0.303 e. The third-order valence-electron chi connectivity index (χ3n) is 2.27. The van der Waals surface area contributed by atoms with Crippen molar-refractivity contribution in [1.82, 2.24) is 4.90 Å². The van der Waals surface area contributed by atoms with Crippen molar-refractivity contribution in [1.29, 1.82) is 5.26 Å². The van der Waals surface area contributed by atoms with Crippen molar-refractivity contribution in [2.45, 2.75) is 26.2 Å². The lowest BCUT2D eigenvalue weighted by molar-refractivity contribution is 0.325. The Morgan fingerprint density at radius 3 is 3.00 bits per heavy atom. The van der Waals surface area contributed by atoms with Gasteiger partial charge in [-0.15, -0.1) is 0 Å². The topological polar surface area (TPSA) is 27.0 Å². The summed E-state index contributed by atoms with van der Waals surface area (Å²) in [7, 11) is 0. The van der Waals surface area contributed by atoms with Crippen LogP contribution in [0.1, 0.15) is 26.2 Å². The van der Waals surface area contributed by atoms with E-state index in [1.165, 1.54) is 19.5 Å². The summed E-state index contributed by atoms with van der Waals surface area (Å²) in [5.41, 5.74) is 0. The molecule has 0 aliphatic carbocycles. The van der Waals surface area contributed by atoms with E-state index in [0.717, 1.165) is 18.9 Å². The smallest absolute Gasteiger partial charge is 0.0622 e. The van der Waals surface area contributed by atoms with E-state index in [1.807, 2.05) is 0 Å². The van der Waals surface area contributed by atoms with Crippen molar-refractivity contribution in [2.75, 3.05) is 19.6 Å². The van der Waals surface area contributed by atoms with Crippen molar-refractivity contribution in [2.24, 2.45) is 5.92 Å². The van der Waals surface area contributed by atoms with Crippen molar-refractivity contribution in [3.63, 3.8) is 0 Å². The normalized spacial score (nSPS) is 25.3. The SMILES string of the molecule is CC1CCN(CCCC#N)C1. The number of unbranched alkanes of at least 4 members (excludes halogenated alkanes) is 1. The second-order valence-electron chi connectivity index (χ2n) is 3.46. The van der Waals surface area contributed by atoms with E-state index in [4.69, 9.17) is 5.26 Å². The Morgan fingerprint density at radius 2 is 2.45 bits per heavy atom. The molecule has 0 aromatic rings. The first-order valence-corrected chi connectivity index (χ1v) is 4.42. The summed E-state index contributed by atoms with van der Waals surface area (Å²) in [5, 5.41) is 8.32. The molecule has 1 aliphatic rings. The van der Waals surface area contributed by atoms with Crippen LogP contribution in [0.5, 0.6) is 0 Å². The van der Waals surface area contributed by atoms with Crippen LogP contribution < -0.4 is 0 Å². The van der Waals surface area contributed by atoms with Gasteiger partial charge in [-0.25, -0.2) is 0 Å². The molecule has 1 rings (SSSR count). The summed E-state index contributed by atoms with van der Waals surface area (Å²) in [6.45, 7) is 5.90. The minimum absolute atomic E-state index is 0.713. The molecule has 0 bridgehead atoms. The Balaban J connectivity index is 2.05. The largest absolute Gasteiger partial charge is 0.303 e. The monoisotopic (exact) mass is 152 g/mol. The highest BCUT2D eigenvalue weighted by Crippen LogP contribution is 2.14. The zero-order valence-electron chi connectivity index (χ0n) is 7.21. The molecule has 2 nitrogen and oxygen atoms in total. The van der Waals surface area contributed by atoms with E-state index in [0.29, 0.717) is 6.42 Å². The average Bonchev–Trinajstić information content (AvgIpc) is 2.37. The zero-order chi connectivity index (χ0) is 8.10. The number of nitriles is 1. The fraction of sp³-hybridized carbons (Fsp3) is 0.889. The van der Waals surface area contributed by atoms with Crippen LogP contribution in [0.3, 0.4) is 0 Å². The molecule has 1 unspecified atom stereocenters. The Hall–Kier alpha value is -0.550. The summed E-state index contributed by atoms with van der Waals surface area (Å²) in [4.78, 5) is 2.46. The molecule has 0 spiro atoms. The van der Waals surface area contributed by atoms with E-state index in [1.54, 1.807) is 0 Å². The number of hydrogen-bond donors (Lipinski definition) is 0. The summed E-state index contributed by atoms with van der Waals surface area (Å²) >= 11 is 0. The van der Waals surface area contributed by atoms with Crippen molar-refractivity contribution in [3.05, 3.63) is 0 Å². The van der Waals surface area contributed by atoms with Gasteiger partial charge in [-0.3, -0.25) is 0 Å². The van der Waals surface area contributed by atoms with E-state index in [2.05, 4.69) is 17.9 Å². The second kappa shape index (κ2) is 4.35. The van der Waals surface area contributed by atoms with E-state index >= 15 is 0 Å². The maximum absolute atomic E-state index is 8.32. The van der Waals surface area contributed by atoms with Crippen LogP contribution >= 0.6 is 0 Å². The van der Waals surface area contributed by atoms with Gasteiger partial charge in [0.25, 0.3) is 0 Å². The minimum atomic E-state index is 0.713. The van der Waals surface area contributed by atoms with Gasteiger partial charge in [-0.05, 0) is 31.8 Å².